The summed E-state index contributed by atoms with van der Waals surface area (Å²) in [6.07, 6.45) is -3.26. The van der Waals surface area contributed by atoms with Gasteiger partial charge in [0.15, 0.2) is 17.2 Å². The van der Waals surface area contributed by atoms with Gasteiger partial charge in [-0.2, -0.15) is 5.26 Å². The lowest BCUT2D eigenvalue weighted by atomic mass is 9.73. The van der Waals surface area contributed by atoms with Crippen LogP contribution in [0.15, 0.2) is 60.7 Å². The largest absolute Gasteiger partial charge is 0.511 e. The van der Waals surface area contributed by atoms with E-state index in [9.17, 15) is 29.5 Å². The van der Waals surface area contributed by atoms with Crippen LogP contribution in [0.4, 0.5) is 14.4 Å². The fourth-order valence-electron chi connectivity index (χ4n) is 4.91. The maximum Gasteiger partial charge on any atom is 0.511 e. The highest BCUT2D eigenvalue weighted by molar-refractivity contribution is 5.99. The molecular weight excluding hydrogens is 524 g/mol. The number of carbonyl (C=O) groups excluding carboxylic acids is 1. The predicted molar refractivity (Wildman–Crippen MR) is 136 cm³/mol. The highest BCUT2D eigenvalue weighted by Gasteiger charge is 2.39. The zero-order valence-electron chi connectivity index (χ0n) is 20.7. The lowest BCUT2D eigenvalue weighted by Gasteiger charge is -2.40. The van der Waals surface area contributed by atoms with Gasteiger partial charge in [-0.3, -0.25) is 4.79 Å². The van der Waals surface area contributed by atoms with E-state index in [1.165, 1.54) is 0 Å². The average Bonchev–Trinajstić information content (AvgIpc) is 2.89. The van der Waals surface area contributed by atoms with E-state index in [0.29, 0.717) is 18.4 Å². The summed E-state index contributed by atoms with van der Waals surface area (Å²) < 4.78 is 13.9. The second kappa shape index (κ2) is 11.4. The molecule has 3 aromatic rings. The number of hydrogen-bond acceptors (Lipinski definition) is 8. The molecule has 0 heterocycles. The quantitative estimate of drug-likeness (QED) is 0.232. The Morgan fingerprint density at radius 3 is 2.17 bits per heavy atom. The number of aryl methyl sites for hydroxylation is 1. The fourth-order valence-corrected chi connectivity index (χ4v) is 4.91. The van der Waals surface area contributed by atoms with Crippen molar-refractivity contribution in [2.75, 3.05) is 0 Å². The van der Waals surface area contributed by atoms with Crippen LogP contribution in [-0.2, 0) is 18.4 Å². The Morgan fingerprint density at radius 2 is 1.50 bits per heavy atom. The summed E-state index contributed by atoms with van der Waals surface area (Å²) in [4.78, 5) is 47.6. The van der Waals surface area contributed by atoms with Gasteiger partial charge in [-0.25, -0.2) is 14.4 Å². The van der Waals surface area contributed by atoms with Crippen molar-refractivity contribution in [2.24, 2.45) is 0 Å². The number of ether oxygens (including phenoxy) is 3. The second-order valence-electron chi connectivity index (χ2n) is 8.93. The summed E-state index contributed by atoms with van der Waals surface area (Å²) in [7, 11) is 0. The van der Waals surface area contributed by atoms with E-state index >= 15 is 0 Å². The summed E-state index contributed by atoms with van der Waals surface area (Å²) >= 11 is 0. The first-order chi connectivity index (χ1) is 19.1. The summed E-state index contributed by atoms with van der Waals surface area (Å²) in [6.45, 7) is 0. The SMILES string of the molecule is N#Cc1cccc(C[C@@]2(NC(=O)c3cc(OC(=O)O)c(OC(=O)O)cc3OC(=O)O)CCCc3ccccc32)c1. The molecule has 40 heavy (non-hydrogen) atoms. The molecule has 0 radical (unpaired) electrons. The molecular formula is C28H22N2O10. The van der Waals surface area contributed by atoms with Gasteiger partial charge in [0.05, 0.1) is 22.7 Å². The smallest absolute Gasteiger partial charge is 0.449 e. The van der Waals surface area contributed by atoms with E-state index in [1.807, 2.05) is 30.3 Å². The molecule has 0 saturated heterocycles. The number of nitriles is 1. The second-order valence-corrected chi connectivity index (χ2v) is 8.93. The Bertz CT molecular complexity index is 1540. The van der Waals surface area contributed by atoms with Crippen LogP contribution in [0.1, 0.15) is 45.5 Å². The number of nitrogens with one attached hydrogen (secondary N) is 1. The molecule has 0 unspecified atom stereocenters. The number of nitrogens with zero attached hydrogens (tertiary/aromatic N) is 1. The topological polar surface area (TPSA) is 192 Å². The maximum absolute atomic E-state index is 13.8. The van der Waals surface area contributed by atoms with Crippen LogP contribution in [0.2, 0.25) is 0 Å². The summed E-state index contributed by atoms with van der Waals surface area (Å²) in [5, 5.41) is 39.7. The lowest BCUT2D eigenvalue weighted by molar-refractivity contribution is 0.0878. The van der Waals surface area contributed by atoms with Crippen molar-refractivity contribution in [2.45, 2.75) is 31.2 Å². The van der Waals surface area contributed by atoms with Gasteiger partial charge in [-0.05, 0) is 54.5 Å². The minimum absolute atomic E-state index is 0.277. The van der Waals surface area contributed by atoms with Gasteiger partial charge in [0.1, 0.15) is 0 Å². The summed E-state index contributed by atoms with van der Waals surface area (Å²) in [5.41, 5.74) is 1.57. The van der Waals surface area contributed by atoms with Gasteiger partial charge in [0.2, 0.25) is 0 Å². The van der Waals surface area contributed by atoms with Crippen molar-refractivity contribution >= 4 is 24.4 Å². The van der Waals surface area contributed by atoms with Gasteiger partial charge >= 0.3 is 18.5 Å². The van der Waals surface area contributed by atoms with Crippen molar-refractivity contribution in [1.29, 1.82) is 5.26 Å². The number of carbonyl (C=O) groups is 4. The standard InChI is InChI=1S/C28H22N2O10/c29-15-17-6-3-5-16(11-17)14-28(10-4-8-18-7-1-2-9-20(18)28)30-24(31)19-12-22(39-26(34)35)23(40-27(36)37)13-21(19)38-25(32)33/h1-3,5-7,9,11-13H,4,8,10,14H2,(H,30,31)(H,32,33)(H,34,35)(H,36,37)/t28-/m0/s1. The molecule has 12 nitrogen and oxygen atoms in total. The van der Waals surface area contributed by atoms with Gasteiger partial charge in [0, 0.05) is 12.1 Å². The zero-order valence-corrected chi connectivity index (χ0v) is 20.7. The molecule has 1 amide bonds. The van der Waals surface area contributed by atoms with E-state index in [-0.39, 0.29) is 6.42 Å². The lowest BCUT2D eigenvalue weighted by Crippen LogP contribution is -2.49. The van der Waals surface area contributed by atoms with E-state index in [4.69, 9.17) is 14.9 Å². The summed E-state index contributed by atoms with van der Waals surface area (Å²) in [6, 6.07) is 18.1. The molecule has 204 valence electrons. The van der Waals surface area contributed by atoms with Gasteiger partial charge in [0.25, 0.3) is 5.91 Å². The Hall–Kier alpha value is -5.57. The molecule has 0 spiro atoms. The zero-order chi connectivity index (χ0) is 28.9. The molecule has 0 aromatic heterocycles. The minimum atomic E-state index is -1.84. The van der Waals surface area contributed by atoms with Crippen molar-refractivity contribution < 1.29 is 48.7 Å². The van der Waals surface area contributed by atoms with E-state index in [0.717, 1.165) is 35.2 Å². The molecule has 0 fully saturated rings. The number of amides is 1. The minimum Gasteiger partial charge on any atom is -0.449 e. The maximum atomic E-state index is 13.8. The highest BCUT2D eigenvalue weighted by Crippen LogP contribution is 2.40. The Kier molecular flexibility index (Phi) is 7.86. The molecule has 1 aliphatic rings. The Labute approximate surface area is 227 Å². The molecule has 1 atom stereocenters. The fraction of sp³-hybridized carbons (Fsp3) is 0.179. The number of benzene rings is 3. The number of rotatable bonds is 7. The third-order valence-electron chi connectivity index (χ3n) is 6.38. The molecule has 4 rings (SSSR count). The molecule has 3 aromatic carbocycles. The third kappa shape index (κ3) is 6.11. The number of hydrogen-bond donors (Lipinski definition) is 4. The van der Waals surface area contributed by atoms with Crippen molar-refractivity contribution in [3.05, 3.63) is 88.5 Å². The Morgan fingerprint density at radius 1 is 0.850 bits per heavy atom. The van der Waals surface area contributed by atoms with E-state index in [1.54, 1.807) is 18.2 Å². The summed E-state index contributed by atoms with van der Waals surface area (Å²) in [5.74, 6) is -2.82. The van der Waals surface area contributed by atoms with Crippen LogP contribution < -0.4 is 19.5 Å². The van der Waals surface area contributed by atoms with Crippen molar-refractivity contribution in [3.63, 3.8) is 0 Å². The first-order valence-corrected chi connectivity index (χ1v) is 11.9. The average molecular weight is 546 g/mol. The van der Waals surface area contributed by atoms with Crippen LogP contribution in [-0.4, -0.2) is 39.7 Å². The normalized spacial score (nSPS) is 15.6. The predicted octanol–water partition coefficient (Wildman–Crippen LogP) is 4.93. The van der Waals surface area contributed by atoms with Crippen LogP contribution >= 0.6 is 0 Å². The molecule has 4 N–H and O–H groups in total. The molecule has 0 saturated carbocycles. The van der Waals surface area contributed by atoms with Crippen molar-refractivity contribution in [1.82, 2.24) is 5.32 Å². The monoisotopic (exact) mass is 546 g/mol. The first kappa shape index (κ1) is 27.5. The molecule has 1 aliphatic carbocycles. The van der Waals surface area contributed by atoms with Crippen LogP contribution in [0.3, 0.4) is 0 Å². The van der Waals surface area contributed by atoms with Gasteiger partial charge < -0.3 is 34.8 Å². The molecule has 0 bridgehead atoms. The highest BCUT2D eigenvalue weighted by atomic mass is 16.7. The Balaban J connectivity index is 1.83. The van der Waals surface area contributed by atoms with Crippen LogP contribution in [0.5, 0.6) is 17.2 Å². The van der Waals surface area contributed by atoms with Gasteiger partial charge in [-0.15, -0.1) is 0 Å². The van der Waals surface area contributed by atoms with E-state index < -0.39 is 52.7 Å². The van der Waals surface area contributed by atoms with Crippen LogP contribution in [0, 0.1) is 11.3 Å². The van der Waals surface area contributed by atoms with Crippen molar-refractivity contribution in [3.8, 4) is 23.3 Å². The third-order valence-corrected chi connectivity index (χ3v) is 6.38. The molecule has 12 heteroatoms. The number of carboxylic acid groups (broad SMARTS) is 3. The van der Waals surface area contributed by atoms with E-state index in [2.05, 4.69) is 20.9 Å². The number of fused-ring (bicyclic) bond motifs is 1. The molecule has 0 aliphatic heterocycles. The van der Waals surface area contributed by atoms with Gasteiger partial charge in [-0.1, -0.05) is 36.4 Å². The first-order valence-electron chi connectivity index (χ1n) is 11.9. The van der Waals surface area contributed by atoms with Crippen LogP contribution in [0.25, 0.3) is 0 Å².